The van der Waals surface area contributed by atoms with Gasteiger partial charge >= 0.3 is 11.9 Å². The Morgan fingerprint density at radius 2 is 1.20 bits per heavy atom. The van der Waals surface area contributed by atoms with Crippen molar-refractivity contribution >= 4 is 17.7 Å². The van der Waals surface area contributed by atoms with Crippen LogP contribution in [-0.4, -0.2) is 36.9 Å². The molecule has 0 bridgehead atoms. The minimum atomic E-state index is -2.79. The molecule has 0 aliphatic heterocycles. The van der Waals surface area contributed by atoms with Gasteiger partial charge in [0.25, 0.3) is 0 Å². The van der Waals surface area contributed by atoms with Crippen LogP contribution in [0.1, 0.15) is 97.6 Å². The van der Waals surface area contributed by atoms with Crippen LogP contribution in [0, 0.1) is 57.2 Å². The van der Waals surface area contributed by atoms with Crippen molar-refractivity contribution < 1.29 is 32.6 Å². The molecule has 2 aromatic rings. The van der Waals surface area contributed by atoms with E-state index in [4.69, 9.17) is 30.5 Å². The van der Waals surface area contributed by atoms with Gasteiger partial charge in [-0.15, -0.1) is 0 Å². The quantitative estimate of drug-likeness (QED) is 0.326. The number of carbonyl (C=O) groups is 3. The predicted molar refractivity (Wildman–Crippen MR) is 155 cm³/mol. The number of nitriles is 4. The Morgan fingerprint density at radius 1 is 0.778 bits per heavy atom. The highest BCUT2D eigenvalue weighted by atomic mass is 19.3. The number of carbonyl (C=O) groups excluding carboxylic acids is 3. The van der Waals surface area contributed by atoms with Crippen LogP contribution in [0.4, 0.5) is 8.78 Å². The second-order valence-corrected chi connectivity index (χ2v) is 11.0. The number of hydrogen-bond donors (Lipinski definition) is 0. The lowest BCUT2D eigenvalue weighted by atomic mass is 9.83. The molecule has 2 fully saturated rings. The first-order valence-corrected chi connectivity index (χ1v) is 14.6. The summed E-state index contributed by atoms with van der Waals surface area (Å²) >= 11 is 0. The van der Waals surface area contributed by atoms with Crippen molar-refractivity contribution in [3.63, 3.8) is 0 Å². The average Bonchev–Trinajstić information content (AvgIpc) is 3.61. The van der Waals surface area contributed by atoms with Gasteiger partial charge in [0.1, 0.15) is 5.78 Å². The van der Waals surface area contributed by atoms with Crippen LogP contribution in [0.25, 0.3) is 0 Å². The monoisotopic (exact) mass is 614 g/mol. The number of halogens is 2. The summed E-state index contributed by atoms with van der Waals surface area (Å²) in [7, 11) is 0. The highest BCUT2D eigenvalue weighted by Crippen LogP contribution is 2.46. The Kier molecular flexibility index (Phi) is 11.9. The van der Waals surface area contributed by atoms with Crippen molar-refractivity contribution in [1.29, 1.82) is 21.0 Å². The Balaban J connectivity index is 0.000000246. The molecule has 2 aliphatic rings. The van der Waals surface area contributed by atoms with Crippen molar-refractivity contribution in [3.8, 4) is 24.3 Å². The van der Waals surface area contributed by atoms with Gasteiger partial charge in [0.05, 0.1) is 71.6 Å². The van der Waals surface area contributed by atoms with E-state index in [0.717, 1.165) is 0 Å². The van der Waals surface area contributed by atoms with Gasteiger partial charge in [0.2, 0.25) is 5.92 Å². The summed E-state index contributed by atoms with van der Waals surface area (Å²) in [6.45, 7) is 3.76. The van der Waals surface area contributed by atoms with Gasteiger partial charge in [-0.25, -0.2) is 8.78 Å². The Hall–Kier alpha value is -5.13. The van der Waals surface area contributed by atoms with Crippen molar-refractivity contribution in [2.75, 3.05) is 13.2 Å². The van der Waals surface area contributed by atoms with Crippen LogP contribution in [0.3, 0.4) is 0 Å². The molecule has 11 heteroatoms. The summed E-state index contributed by atoms with van der Waals surface area (Å²) in [5.74, 6) is -5.83. The normalized spacial score (nSPS) is 19.3. The highest BCUT2D eigenvalue weighted by Gasteiger charge is 2.45. The Morgan fingerprint density at radius 3 is 1.51 bits per heavy atom. The van der Waals surface area contributed by atoms with Crippen LogP contribution in [-0.2, 0) is 23.9 Å². The van der Waals surface area contributed by atoms with Crippen molar-refractivity contribution in [2.24, 2.45) is 11.8 Å². The van der Waals surface area contributed by atoms with Crippen LogP contribution >= 0.6 is 0 Å². The Labute approximate surface area is 260 Å². The zero-order valence-corrected chi connectivity index (χ0v) is 25.0. The van der Waals surface area contributed by atoms with E-state index in [2.05, 4.69) is 0 Å². The number of alkyl halides is 2. The van der Waals surface area contributed by atoms with Crippen molar-refractivity contribution in [1.82, 2.24) is 0 Å². The second-order valence-electron chi connectivity index (χ2n) is 11.0. The fraction of sp³-hybridized carbons (Fsp3) is 0.441. The van der Waals surface area contributed by atoms with Crippen LogP contribution < -0.4 is 0 Å². The summed E-state index contributed by atoms with van der Waals surface area (Å²) in [6.07, 6.45) is 0.966. The molecule has 4 unspecified atom stereocenters. The summed E-state index contributed by atoms with van der Waals surface area (Å²) in [5, 5.41) is 36.3. The van der Waals surface area contributed by atoms with E-state index in [-0.39, 0.29) is 48.9 Å². The van der Waals surface area contributed by atoms with Crippen LogP contribution in [0.2, 0.25) is 0 Å². The first kappa shape index (κ1) is 34.4. The molecule has 0 saturated heterocycles. The van der Waals surface area contributed by atoms with Crippen LogP contribution in [0.5, 0.6) is 0 Å². The molecule has 2 aromatic carbocycles. The third-order valence-electron chi connectivity index (χ3n) is 7.89. The van der Waals surface area contributed by atoms with Crippen molar-refractivity contribution in [3.05, 3.63) is 69.8 Å². The first-order valence-electron chi connectivity index (χ1n) is 14.6. The molecule has 2 saturated carbocycles. The fourth-order valence-electron chi connectivity index (χ4n) is 5.98. The molecule has 9 nitrogen and oxygen atoms in total. The molecular formula is C34H32F2N4O5. The van der Waals surface area contributed by atoms with Gasteiger partial charge in [0.15, 0.2) is 0 Å². The number of esters is 2. The lowest BCUT2D eigenvalue weighted by Crippen LogP contribution is -2.24. The third-order valence-corrected chi connectivity index (χ3v) is 7.89. The third kappa shape index (κ3) is 8.94. The molecule has 0 heterocycles. The summed E-state index contributed by atoms with van der Waals surface area (Å²) in [4.78, 5) is 36.2. The Bertz CT molecular complexity index is 1550. The van der Waals surface area contributed by atoms with Crippen molar-refractivity contribution in [2.45, 2.75) is 70.1 Å². The van der Waals surface area contributed by atoms with Gasteiger partial charge in [0, 0.05) is 25.7 Å². The van der Waals surface area contributed by atoms with E-state index in [1.165, 1.54) is 24.3 Å². The highest BCUT2D eigenvalue weighted by molar-refractivity contribution is 5.85. The summed E-state index contributed by atoms with van der Waals surface area (Å²) in [6, 6.07) is 16.9. The SMILES string of the molecule is CCOC(=O)C(c1cc(C#N)cc(C#N)c1)C1CCC(=O)C1.CCOC(=O)C(c1cc(C#N)cc(C#N)c1)C1CCC(F)(F)C1. The van der Waals surface area contributed by atoms with Gasteiger partial charge in [-0.1, -0.05) is 0 Å². The van der Waals surface area contributed by atoms with E-state index in [9.17, 15) is 23.2 Å². The zero-order valence-electron chi connectivity index (χ0n) is 25.0. The molecule has 0 aromatic heterocycles. The maximum absolute atomic E-state index is 13.6. The number of hydrogen-bond acceptors (Lipinski definition) is 9. The molecule has 0 N–H and O–H groups in total. The van der Waals surface area contributed by atoms with E-state index in [1.54, 1.807) is 26.0 Å². The minimum absolute atomic E-state index is 0.132. The van der Waals surface area contributed by atoms with E-state index in [1.807, 2.05) is 24.3 Å². The molecule has 0 spiro atoms. The number of nitrogens with zero attached hydrogens (tertiary/aromatic N) is 4. The molecule has 0 radical (unpaired) electrons. The zero-order chi connectivity index (χ0) is 33.1. The minimum Gasteiger partial charge on any atom is -0.466 e. The molecule has 2 aliphatic carbocycles. The van der Waals surface area contributed by atoms with Gasteiger partial charge < -0.3 is 9.47 Å². The predicted octanol–water partition coefficient (Wildman–Crippen LogP) is 5.96. The second kappa shape index (κ2) is 15.6. The molecule has 4 rings (SSSR count). The molecular weight excluding hydrogens is 582 g/mol. The van der Waals surface area contributed by atoms with Gasteiger partial charge in [-0.2, -0.15) is 21.0 Å². The standard InChI is InChI=1S/C17H16F2N2O2.C17H16N2O3/c1-2-23-16(22)15(13-3-4-17(18,19)8-13)14-6-11(9-20)5-12(7-14)10-21;1-2-22-17(21)16(13-3-4-15(20)8-13)14-6-11(9-18)5-12(7-14)10-19/h5-7,13,15H,2-4,8H2,1H3;5-7,13,16H,2-4,8H2,1H3. The smallest absolute Gasteiger partial charge is 0.313 e. The molecule has 4 atom stereocenters. The van der Waals surface area contributed by atoms with Gasteiger partial charge in [-0.3, -0.25) is 14.4 Å². The molecule has 0 amide bonds. The average molecular weight is 615 g/mol. The van der Waals surface area contributed by atoms with E-state index >= 15 is 0 Å². The number of ether oxygens (including phenoxy) is 2. The number of rotatable bonds is 8. The lowest BCUT2D eigenvalue weighted by Gasteiger charge is -2.22. The van der Waals surface area contributed by atoms with E-state index in [0.29, 0.717) is 41.5 Å². The molecule has 45 heavy (non-hydrogen) atoms. The summed E-state index contributed by atoms with van der Waals surface area (Å²) in [5.41, 5.74) is 2.06. The maximum atomic E-state index is 13.6. The van der Waals surface area contributed by atoms with Crippen LogP contribution in [0.15, 0.2) is 36.4 Å². The van der Waals surface area contributed by atoms with E-state index < -0.39 is 42.0 Å². The molecule has 232 valence electrons. The summed E-state index contributed by atoms with van der Waals surface area (Å²) < 4.78 is 37.3. The van der Waals surface area contributed by atoms with Gasteiger partial charge in [-0.05, 0) is 86.1 Å². The first-order chi connectivity index (χ1) is 21.5. The lowest BCUT2D eigenvalue weighted by molar-refractivity contribution is -0.147. The number of ketones is 1. The maximum Gasteiger partial charge on any atom is 0.313 e. The fourth-order valence-corrected chi connectivity index (χ4v) is 5.98. The largest absolute Gasteiger partial charge is 0.466 e. The topological polar surface area (TPSA) is 165 Å². The number of benzene rings is 2. The number of Topliss-reactive ketones (excluding diaryl/α,β-unsaturated/α-hetero) is 1.